The van der Waals surface area contributed by atoms with Crippen LogP contribution in [0.4, 0.5) is 5.69 Å². The number of para-hydroxylation sites is 1. The molecule has 150 valence electrons. The second-order valence-corrected chi connectivity index (χ2v) is 7.62. The zero-order valence-electron chi connectivity index (χ0n) is 15.7. The standard InChI is InChI=1S/C22H17ClN4O2S/c23-16-6-4-8-18(12-16)27-15-24-26-22(27)30-14-21(28)25-17-7-5-11-20(13-17)29-19-9-2-1-3-10-19/h1-13,15H,14H2,(H,25,28). The maximum atomic E-state index is 12.4. The molecule has 0 saturated carbocycles. The Kier molecular flexibility index (Phi) is 6.32. The highest BCUT2D eigenvalue weighted by Crippen LogP contribution is 2.25. The third-order valence-electron chi connectivity index (χ3n) is 4.03. The lowest BCUT2D eigenvalue weighted by Crippen LogP contribution is -2.14. The van der Waals surface area contributed by atoms with Gasteiger partial charge in [-0.25, -0.2) is 0 Å². The van der Waals surface area contributed by atoms with Crippen LogP contribution in [0, 0.1) is 0 Å². The molecule has 0 radical (unpaired) electrons. The molecular weight excluding hydrogens is 420 g/mol. The molecule has 0 aliphatic rings. The number of halogens is 1. The van der Waals surface area contributed by atoms with Crippen molar-refractivity contribution in [1.29, 1.82) is 0 Å². The predicted octanol–water partition coefficient (Wildman–Crippen LogP) is 5.44. The van der Waals surface area contributed by atoms with E-state index < -0.39 is 0 Å². The Bertz CT molecular complexity index is 1150. The molecule has 0 bridgehead atoms. The summed E-state index contributed by atoms with van der Waals surface area (Å²) in [6, 6.07) is 24.1. The second-order valence-electron chi connectivity index (χ2n) is 6.24. The first-order valence-electron chi connectivity index (χ1n) is 9.09. The van der Waals surface area contributed by atoms with E-state index in [4.69, 9.17) is 16.3 Å². The van der Waals surface area contributed by atoms with Gasteiger partial charge in [0.2, 0.25) is 5.91 Å². The fraction of sp³-hybridized carbons (Fsp3) is 0.0455. The summed E-state index contributed by atoms with van der Waals surface area (Å²) in [6.07, 6.45) is 1.59. The Morgan fingerprint density at radius 3 is 2.63 bits per heavy atom. The van der Waals surface area contributed by atoms with Gasteiger partial charge in [0, 0.05) is 16.8 Å². The maximum absolute atomic E-state index is 12.4. The van der Waals surface area contributed by atoms with Crippen LogP contribution in [-0.4, -0.2) is 26.4 Å². The van der Waals surface area contributed by atoms with Gasteiger partial charge in [0.05, 0.1) is 11.4 Å². The van der Waals surface area contributed by atoms with Crippen molar-refractivity contribution in [3.63, 3.8) is 0 Å². The first kappa shape index (κ1) is 20.0. The summed E-state index contributed by atoms with van der Waals surface area (Å²) in [4.78, 5) is 12.4. The number of benzene rings is 3. The van der Waals surface area contributed by atoms with Crippen molar-refractivity contribution in [1.82, 2.24) is 14.8 Å². The number of carbonyl (C=O) groups is 1. The first-order valence-corrected chi connectivity index (χ1v) is 10.5. The minimum Gasteiger partial charge on any atom is -0.457 e. The first-order chi connectivity index (χ1) is 14.7. The predicted molar refractivity (Wildman–Crippen MR) is 119 cm³/mol. The van der Waals surface area contributed by atoms with Crippen LogP contribution in [-0.2, 0) is 4.79 Å². The third kappa shape index (κ3) is 5.20. The van der Waals surface area contributed by atoms with E-state index in [-0.39, 0.29) is 11.7 Å². The van der Waals surface area contributed by atoms with Gasteiger partial charge in [0.25, 0.3) is 0 Å². The number of rotatable bonds is 7. The molecule has 4 aromatic rings. The largest absolute Gasteiger partial charge is 0.457 e. The molecule has 6 nitrogen and oxygen atoms in total. The summed E-state index contributed by atoms with van der Waals surface area (Å²) in [7, 11) is 0. The summed E-state index contributed by atoms with van der Waals surface area (Å²) >= 11 is 7.35. The summed E-state index contributed by atoms with van der Waals surface area (Å²) in [5, 5.41) is 12.1. The number of nitrogens with one attached hydrogen (secondary N) is 1. The van der Waals surface area contributed by atoms with Gasteiger partial charge in [-0.1, -0.05) is 53.7 Å². The molecule has 0 aliphatic heterocycles. The number of anilines is 1. The number of amides is 1. The van der Waals surface area contributed by atoms with Gasteiger partial charge in [0.1, 0.15) is 17.8 Å². The van der Waals surface area contributed by atoms with E-state index in [1.807, 2.05) is 66.7 Å². The second kappa shape index (κ2) is 9.47. The number of hydrogen-bond donors (Lipinski definition) is 1. The molecule has 1 aromatic heterocycles. The van der Waals surface area contributed by atoms with E-state index in [1.54, 1.807) is 23.0 Å². The molecule has 0 spiro atoms. The number of ether oxygens (including phenoxy) is 1. The van der Waals surface area contributed by atoms with E-state index >= 15 is 0 Å². The molecule has 0 unspecified atom stereocenters. The number of carbonyl (C=O) groups excluding carboxylic acids is 1. The van der Waals surface area contributed by atoms with E-state index in [9.17, 15) is 4.79 Å². The van der Waals surface area contributed by atoms with Crippen LogP contribution in [0.2, 0.25) is 5.02 Å². The Morgan fingerprint density at radius 1 is 1.00 bits per heavy atom. The van der Waals surface area contributed by atoms with Crippen molar-refractivity contribution >= 4 is 35.0 Å². The normalized spacial score (nSPS) is 10.6. The minimum atomic E-state index is -0.155. The Balaban J connectivity index is 1.37. The molecule has 1 N–H and O–H groups in total. The molecule has 0 fully saturated rings. The van der Waals surface area contributed by atoms with Crippen molar-refractivity contribution in [2.24, 2.45) is 0 Å². The Hall–Kier alpha value is -3.29. The van der Waals surface area contributed by atoms with Crippen molar-refractivity contribution in [2.45, 2.75) is 5.16 Å². The highest BCUT2D eigenvalue weighted by atomic mass is 35.5. The molecule has 8 heteroatoms. The average Bonchev–Trinajstić information content (AvgIpc) is 3.22. The Morgan fingerprint density at radius 2 is 1.80 bits per heavy atom. The molecule has 0 atom stereocenters. The van der Waals surface area contributed by atoms with Crippen molar-refractivity contribution < 1.29 is 9.53 Å². The van der Waals surface area contributed by atoms with Crippen LogP contribution >= 0.6 is 23.4 Å². The molecule has 1 heterocycles. The van der Waals surface area contributed by atoms with Crippen molar-refractivity contribution in [3.8, 4) is 17.2 Å². The molecule has 4 rings (SSSR count). The summed E-state index contributed by atoms with van der Waals surface area (Å²) in [5.41, 5.74) is 1.49. The van der Waals surface area contributed by atoms with Gasteiger partial charge >= 0.3 is 0 Å². The van der Waals surface area contributed by atoms with Gasteiger partial charge in [-0.15, -0.1) is 10.2 Å². The smallest absolute Gasteiger partial charge is 0.234 e. The number of aromatic nitrogens is 3. The number of hydrogen-bond acceptors (Lipinski definition) is 5. The average molecular weight is 437 g/mol. The Labute approximate surface area is 182 Å². The third-order valence-corrected chi connectivity index (χ3v) is 5.21. The van der Waals surface area contributed by atoms with Gasteiger partial charge in [-0.05, 0) is 42.5 Å². The van der Waals surface area contributed by atoms with E-state index in [0.717, 1.165) is 11.4 Å². The molecule has 3 aromatic carbocycles. The quantitative estimate of drug-likeness (QED) is 0.390. The van der Waals surface area contributed by atoms with Crippen LogP contribution in [0.5, 0.6) is 11.5 Å². The number of nitrogens with zero attached hydrogens (tertiary/aromatic N) is 3. The van der Waals surface area contributed by atoms with Gasteiger partial charge in [-0.2, -0.15) is 0 Å². The van der Waals surface area contributed by atoms with Crippen LogP contribution < -0.4 is 10.1 Å². The summed E-state index contributed by atoms with van der Waals surface area (Å²) in [6.45, 7) is 0. The van der Waals surface area contributed by atoms with E-state index in [0.29, 0.717) is 21.6 Å². The minimum absolute atomic E-state index is 0.155. The molecular formula is C22H17ClN4O2S. The monoisotopic (exact) mass is 436 g/mol. The SMILES string of the molecule is O=C(CSc1nncn1-c1cccc(Cl)c1)Nc1cccc(Oc2ccccc2)c1. The van der Waals surface area contributed by atoms with Crippen LogP contribution in [0.1, 0.15) is 0 Å². The highest BCUT2D eigenvalue weighted by Gasteiger charge is 2.11. The zero-order valence-corrected chi connectivity index (χ0v) is 17.3. The van der Waals surface area contributed by atoms with Gasteiger partial charge in [-0.3, -0.25) is 9.36 Å². The maximum Gasteiger partial charge on any atom is 0.234 e. The lowest BCUT2D eigenvalue weighted by molar-refractivity contribution is -0.113. The van der Waals surface area contributed by atoms with Crippen molar-refractivity contribution in [3.05, 3.63) is 90.2 Å². The summed E-state index contributed by atoms with van der Waals surface area (Å²) < 4.78 is 7.59. The molecule has 30 heavy (non-hydrogen) atoms. The van der Waals surface area contributed by atoms with E-state index in [1.165, 1.54) is 11.8 Å². The lowest BCUT2D eigenvalue weighted by Gasteiger charge is -2.09. The molecule has 1 amide bonds. The van der Waals surface area contributed by atoms with Crippen molar-refractivity contribution in [2.75, 3.05) is 11.1 Å². The molecule has 0 saturated heterocycles. The summed E-state index contributed by atoms with van der Waals surface area (Å²) in [5.74, 6) is 1.41. The fourth-order valence-electron chi connectivity index (χ4n) is 2.72. The lowest BCUT2D eigenvalue weighted by atomic mass is 10.3. The van der Waals surface area contributed by atoms with E-state index in [2.05, 4.69) is 15.5 Å². The van der Waals surface area contributed by atoms with Crippen LogP contribution in [0.3, 0.4) is 0 Å². The van der Waals surface area contributed by atoms with Gasteiger partial charge < -0.3 is 10.1 Å². The van der Waals surface area contributed by atoms with Crippen LogP contribution in [0.25, 0.3) is 5.69 Å². The van der Waals surface area contributed by atoms with Gasteiger partial charge in [0.15, 0.2) is 5.16 Å². The zero-order chi connectivity index (χ0) is 20.8. The topological polar surface area (TPSA) is 69.0 Å². The highest BCUT2D eigenvalue weighted by molar-refractivity contribution is 7.99. The number of thioether (sulfide) groups is 1. The molecule has 0 aliphatic carbocycles. The van der Waals surface area contributed by atoms with Crippen LogP contribution in [0.15, 0.2) is 90.3 Å². The fourth-order valence-corrected chi connectivity index (χ4v) is 3.63.